The molecule has 1 aliphatic heterocycles. The van der Waals surface area contributed by atoms with Crippen molar-refractivity contribution >= 4 is 45.5 Å². The zero-order chi connectivity index (χ0) is 21.4. The van der Waals surface area contributed by atoms with Crippen molar-refractivity contribution in [2.45, 2.75) is 51.8 Å². The molecule has 1 aliphatic rings. The third-order valence-corrected chi connectivity index (χ3v) is 5.86. The van der Waals surface area contributed by atoms with Crippen LogP contribution >= 0.6 is 24.0 Å². The van der Waals surface area contributed by atoms with Crippen molar-refractivity contribution in [3.05, 3.63) is 29.6 Å². The monoisotopic (exact) mass is 556 g/mol. The Morgan fingerprint density at radius 3 is 2.60 bits per heavy atom. The van der Waals surface area contributed by atoms with Gasteiger partial charge in [0, 0.05) is 31.9 Å². The average molecular weight is 556 g/mol. The second kappa shape index (κ2) is 12.7. The topological polar surface area (TPSA) is 94.0 Å². The maximum Gasteiger partial charge on any atom is 0.191 e. The highest BCUT2D eigenvalue weighted by molar-refractivity contribution is 14.0. The quantitative estimate of drug-likeness (QED) is 0.259. The Morgan fingerprint density at radius 1 is 1.37 bits per heavy atom. The number of aliphatic hydroxyl groups excluding tert-OH is 1. The molecule has 2 rings (SSSR count). The normalized spacial score (nSPS) is 16.7. The lowest BCUT2D eigenvalue weighted by molar-refractivity contribution is 0.145. The van der Waals surface area contributed by atoms with Gasteiger partial charge >= 0.3 is 0 Å². The molecule has 0 saturated carbocycles. The molecule has 1 saturated heterocycles. The number of aliphatic imine (C=N–C) groups is 1. The summed E-state index contributed by atoms with van der Waals surface area (Å²) in [5.41, 5.74) is 1.31. The first-order valence-corrected chi connectivity index (χ1v) is 12.2. The predicted octanol–water partition coefficient (Wildman–Crippen LogP) is 2.28. The van der Waals surface area contributed by atoms with E-state index in [1.165, 1.54) is 12.3 Å². The van der Waals surface area contributed by atoms with Crippen molar-refractivity contribution in [3.63, 3.8) is 0 Å². The fourth-order valence-electron chi connectivity index (χ4n) is 3.20. The minimum Gasteiger partial charge on any atom is -0.393 e. The van der Waals surface area contributed by atoms with Gasteiger partial charge in [0.05, 0.1) is 24.1 Å². The molecule has 1 unspecified atom stereocenters. The van der Waals surface area contributed by atoms with Crippen molar-refractivity contribution in [2.24, 2.45) is 4.99 Å². The summed E-state index contributed by atoms with van der Waals surface area (Å²) in [5.74, 6) is 0.400. The Bertz CT molecular complexity index is 799. The molecule has 0 radical (unpaired) electrons. The number of hydrogen-bond acceptors (Lipinski definition) is 5. The Labute approximate surface area is 196 Å². The van der Waals surface area contributed by atoms with Crippen molar-refractivity contribution in [1.82, 2.24) is 10.6 Å². The number of rotatable bonds is 8. The zero-order valence-corrected chi connectivity index (χ0v) is 21.0. The third kappa shape index (κ3) is 9.34. The molecule has 0 bridgehead atoms. The molecule has 172 valence electrons. The van der Waals surface area contributed by atoms with Crippen LogP contribution in [0.2, 0.25) is 0 Å². The van der Waals surface area contributed by atoms with E-state index in [4.69, 9.17) is 0 Å². The van der Waals surface area contributed by atoms with E-state index in [0.717, 1.165) is 5.56 Å². The molecule has 1 heterocycles. The first-order valence-electron chi connectivity index (χ1n) is 10.1. The van der Waals surface area contributed by atoms with Crippen LogP contribution in [-0.4, -0.2) is 63.3 Å². The van der Waals surface area contributed by atoms with E-state index in [9.17, 15) is 17.9 Å². The Morgan fingerprint density at radius 2 is 2.03 bits per heavy atom. The van der Waals surface area contributed by atoms with Crippen molar-refractivity contribution in [1.29, 1.82) is 0 Å². The molecule has 3 N–H and O–H groups in total. The predicted molar refractivity (Wildman–Crippen MR) is 131 cm³/mol. The molecule has 0 aliphatic carbocycles. The van der Waals surface area contributed by atoms with E-state index in [2.05, 4.69) is 15.6 Å². The molecule has 0 spiro atoms. The fraction of sp³-hybridized carbons (Fsp3) is 0.650. The van der Waals surface area contributed by atoms with Crippen LogP contribution in [0.25, 0.3) is 0 Å². The standard InChI is InChI=1S/C20H33FN4O3S.HI/c1-4-22-20(24-15(2)9-12-29(3,27)28)23-14-16-5-6-19(18(21)13-16)25-10-7-17(26)8-11-25;/h5-6,13,15,17,26H,4,7-12,14H2,1-3H3,(H2,22,23,24);1H. The summed E-state index contributed by atoms with van der Waals surface area (Å²) in [6.07, 6.45) is 2.72. The molecule has 0 aromatic heterocycles. The summed E-state index contributed by atoms with van der Waals surface area (Å²) < 4.78 is 37.2. The second-order valence-corrected chi connectivity index (χ2v) is 9.92. The first kappa shape index (κ1) is 26.9. The molecule has 30 heavy (non-hydrogen) atoms. The number of halogens is 2. The lowest BCUT2D eigenvalue weighted by Gasteiger charge is -2.31. The number of guanidine groups is 1. The number of aliphatic hydroxyl groups is 1. The average Bonchev–Trinajstić information content (AvgIpc) is 2.65. The highest BCUT2D eigenvalue weighted by Crippen LogP contribution is 2.24. The number of nitrogens with zero attached hydrogens (tertiary/aromatic N) is 2. The van der Waals surface area contributed by atoms with Crippen molar-refractivity contribution in [3.8, 4) is 0 Å². The van der Waals surface area contributed by atoms with Gasteiger partial charge in [0.15, 0.2) is 5.96 Å². The van der Waals surface area contributed by atoms with Crippen molar-refractivity contribution < 1.29 is 17.9 Å². The van der Waals surface area contributed by atoms with Crippen LogP contribution in [0.15, 0.2) is 23.2 Å². The van der Waals surface area contributed by atoms with E-state index in [1.54, 1.807) is 6.07 Å². The van der Waals surface area contributed by atoms with E-state index in [1.807, 2.05) is 24.8 Å². The van der Waals surface area contributed by atoms with Gasteiger partial charge in [-0.25, -0.2) is 17.8 Å². The second-order valence-electron chi connectivity index (χ2n) is 7.66. The summed E-state index contributed by atoms with van der Waals surface area (Å²) in [6, 6.07) is 5.08. The van der Waals surface area contributed by atoms with Gasteiger partial charge in [-0.2, -0.15) is 0 Å². The van der Waals surface area contributed by atoms with Gasteiger partial charge in [-0.3, -0.25) is 0 Å². The number of hydrogen-bond donors (Lipinski definition) is 3. The maximum absolute atomic E-state index is 14.6. The third-order valence-electron chi connectivity index (χ3n) is 4.89. The highest BCUT2D eigenvalue weighted by atomic mass is 127. The summed E-state index contributed by atoms with van der Waals surface area (Å²) in [6.45, 7) is 6.12. The number of anilines is 1. The van der Waals surface area contributed by atoms with Crippen LogP contribution in [0, 0.1) is 5.82 Å². The Hall–Kier alpha value is -1.14. The summed E-state index contributed by atoms with van der Waals surface area (Å²) in [4.78, 5) is 6.46. The Kier molecular flexibility index (Phi) is 11.3. The van der Waals surface area contributed by atoms with Crippen LogP contribution in [0.3, 0.4) is 0 Å². The van der Waals surface area contributed by atoms with Crippen LogP contribution in [-0.2, 0) is 16.4 Å². The van der Waals surface area contributed by atoms with E-state index < -0.39 is 9.84 Å². The van der Waals surface area contributed by atoms with Gasteiger partial charge in [0.25, 0.3) is 0 Å². The summed E-state index contributed by atoms with van der Waals surface area (Å²) in [7, 11) is -3.00. The van der Waals surface area contributed by atoms with Gasteiger partial charge in [-0.05, 0) is 50.8 Å². The van der Waals surface area contributed by atoms with E-state index in [0.29, 0.717) is 57.1 Å². The van der Waals surface area contributed by atoms with Crippen molar-refractivity contribution in [2.75, 3.05) is 36.5 Å². The SMILES string of the molecule is CCNC(=NCc1ccc(N2CCC(O)CC2)c(F)c1)NC(C)CCS(C)(=O)=O.I. The van der Waals surface area contributed by atoms with Crippen LogP contribution in [0.5, 0.6) is 0 Å². The number of nitrogens with one attached hydrogen (secondary N) is 2. The molecule has 1 aromatic carbocycles. The lowest BCUT2D eigenvalue weighted by atomic mass is 10.1. The van der Waals surface area contributed by atoms with Gasteiger partial charge in [0.1, 0.15) is 15.7 Å². The fourth-order valence-corrected chi connectivity index (χ4v) is 3.98. The molecule has 1 fully saturated rings. The number of benzene rings is 1. The molecule has 1 atom stereocenters. The van der Waals surface area contributed by atoms with Crippen LogP contribution in [0.1, 0.15) is 38.7 Å². The zero-order valence-electron chi connectivity index (χ0n) is 17.9. The minimum absolute atomic E-state index is 0. The van der Waals surface area contributed by atoms with Crippen LogP contribution < -0.4 is 15.5 Å². The van der Waals surface area contributed by atoms with Crippen LogP contribution in [0.4, 0.5) is 10.1 Å². The maximum atomic E-state index is 14.6. The number of piperidine rings is 1. The van der Waals surface area contributed by atoms with Gasteiger partial charge in [-0.1, -0.05) is 6.07 Å². The molecule has 7 nitrogen and oxygen atoms in total. The minimum atomic E-state index is -3.00. The van der Waals surface area contributed by atoms with Gasteiger partial charge in [0.2, 0.25) is 0 Å². The largest absolute Gasteiger partial charge is 0.393 e. The summed E-state index contributed by atoms with van der Waals surface area (Å²) in [5, 5.41) is 15.9. The molecular formula is C20H34FIN4O3S. The molecule has 1 aromatic rings. The highest BCUT2D eigenvalue weighted by Gasteiger charge is 2.19. The lowest BCUT2D eigenvalue weighted by Crippen LogP contribution is -2.42. The smallest absolute Gasteiger partial charge is 0.191 e. The molecule has 0 amide bonds. The summed E-state index contributed by atoms with van der Waals surface area (Å²) >= 11 is 0. The Balaban J connectivity index is 0.00000450. The number of sulfone groups is 1. The molecular weight excluding hydrogens is 522 g/mol. The first-order chi connectivity index (χ1) is 13.7. The van der Waals surface area contributed by atoms with Gasteiger partial charge < -0.3 is 20.6 Å². The van der Waals surface area contributed by atoms with E-state index >= 15 is 0 Å². The molecule has 10 heteroatoms. The van der Waals surface area contributed by atoms with Gasteiger partial charge in [-0.15, -0.1) is 24.0 Å². The van der Waals surface area contributed by atoms with E-state index in [-0.39, 0.29) is 47.7 Å².